The summed E-state index contributed by atoms with van der Waals surface area (Å²) in [5.41, 5.74) is 4.71. The van der Waals surface area contributed by atoms with E-state index in [-0.39, 0.29) is 5.91 Å². The molecule has 35 heavy (non-hydrogen) atoms. The van der Waals surface area contributed by atoms with Gasteiger partial charge in [0.2, 0.25) is 0 Å². The molecule has 4 aromatic rings. The maximum absolute atomic E-state index is 12.8. The Kier molecular flexibility index (Phi) is 5.88. The Labute approximate surface area is 209 Å². The van der Waals surface area contributed by atoms with Crippen LogP contribution in [0.3, 0.4) is 0 Å². The molecule has 3 aromatic carbocycles. The normalized spacial score (nSPS) is 17.4. The van der Waals surface area contributed by atoms with Crippen LogP contribution in [0.1, 0.15) is 11.1 Å². The summed E-state index contributed by atoms with van der Waals surface area (Å²) in [4.78, 5) is 22.6. The number of aliphatic imine (C=N–C) groups is 1. The molecule has 6 rings (SSSR count). The van der Waals surface area contributed by atoms with E-state index in [1.807, 2.05) is 18.2 Å². The van der Waals surface area contributed by atoms with Crippen LogP contribution in [0.25, 0.3) is 17.0 Å². The fourth-order valence-electron chi connectivity index (χ4n) is 4.77. The first-order valence-electron chi connectivity index (χ1n) is 11.9. The first-order valence-corrected chi connectivity index (χ1v) is 12.8. The van der Waals surface area contributed by atoms with Crippen LogP contribution in [-0.2, 0) is 11.3 Å². The predicted molar refractivity (Wildman–Crippen MR) is 146 cm³/mol. The number of nitrogens with zero attached hydrogens (tertiary/aromatic N) is 4. The largest absolute Gasteiger partial charge is 0.368 e. The number of amidine groups is 1. The van der Waals surface area contributed by atoms with Crippen LogP contribution in [0, 0.1) is 0 Å². The van der Waals surface area contributed by atoms with Crippen molar-refractivity contribution in [2.45, 2.75) is 6.54 Å². The summed E-state index contributed by atoms with van der Waals surface area (Å²) in [5, 5.41) is 1.97. The first-order chi connectivity index (χ1) is 17.2. The number of amides is 1. The number of thioether (sulfide) groups is 1. The average Bonchev–Trinajstić information content (AvgIpc) is 3.45. The molecule has 0 spiro atoms. The highest BCUT2D eigenvalue weighted by Gasteiger charge is 2.28. The van der Waals surface area contributed by atoms with Crippen LogP contribution in [0.15, 0.2) is 101 Å². The second-order valence-corrected chi connectivity index (χ2v) is 9.84. The number of hydrogen-bond donors (Lipinski definition) is 0. The average molecular weight is 479 g/mol. The minimum absolute atomic E-state index is 0.143. The molecule has 174 valence electrons. The molecule has 1 saturated heterocycles. The SMILES string of the molecule is O=C1N=C(N2CCN(c3ccccc3)CC2)S/C1=C\c1cn(Cc2ccccc2)c2ccccc12. The molecule has 0 atom stereocenters. The van der Waals surface area contributed by atoms with Crippen LogP contribution >= 0.6 is 11.8 Å². The van der Waals surface area contributed by atoms with Crippen molar-refractivity contribution < 1.29 is 4.79 Å². The highest BCUT2D eigenvalue weighted by atomic mass is 32.2. The van der Waals surface area contributed by atoms with Crippen molar-refractivity contribution in [3.8, 4) is 0 Å². The van der Waals surface area contributed by atoms with E-state index in [9.17, 15) is 4.79 Å². The van der Waals surface area contributed by atoms with Crippen LogP contribution in [-0.4, -0.2) is 46.7 Å². The second kappa shape index (κ2) is 9.47. The number of para-hydroxylation sites is 2. The summed E-state index contributed by atoms with van der Waals surface area (Å²) in [5.74, 6) is -0.143. The summed E-state index contributed by atoms with van der Waals surface area (Å²) in [7, 11) is 0. The molecular formula is C29H26N4OS. The van der Waals surface area contributed by atoms with Crippen LogP contribution in [0.2, 0.25) is 0 Å². The fraction of sp³-hybridized carbons (Fsp3) is 0.172. The lowest BCUT2D eigenvalue weighted by Crippen LogP contribution is -2.47. The number of carbonyl (C=O) groups excluding carboxylic acids is 1. The maximum Gasteiger partial charge on any atom is 0.286 e. The monoisotopic (exact) mass is 478 g/mol. The Balaban J connectivity index is 1.20. The van der Waals surface area contributed by atoms with Crippen LogP contribution < -0.4 is 4.90 Å². The zero-order valence-corrected chi connectivity index (χ0v) is 20.2. The van der Waals surface area contributed by atoms with Gasteiger partial charge in [-0.15, -0.1) is 0 Å². The van der Waals surface area contributed by atoms with Gasteiger partial charge in [0.15, 0.2) is 5.17 Å². The molecule has 6 heteroatoms. The Morgan fingerprint density at radius 2 is 1.46 bits per heavy atom. The van der Waals surface area contributed by atoms with Gasteiger partial charge in [0, 0.05) is 61.1 Å². The molecule has 2 aliphatic rings. The van der Waals surface area contributed by atoms with Gasteiger partial charge in [-0.25, -0.2) is 0 Å². The third-order valence-corrected chi connectivity index (χ3v) is 7.63. The van der Waals surface area contributed by atoms with Crippen molar-refractivity contribution in [1.29, 1.82) is 0 Å². The number of piperazine rings is 1. The van der Waals surface area contributed by atoms with Crippen molar-refractivity contribution >= 4 is 45.5 Å². The number of fused-ring (bicyclic) bond motifs is 1. The summed E-state index contributed by atoms with van der Waals surface area (Å²) in [6, 6.07) is 29.3. The number of hydrogen-bond acceptors (Lipinski definition) is 4. The Morgan fingerprint density at radius 3 is 2.23 bits per heavy atom. The maximum atomic E-state index is 12.8. The first kappa shape index (κ1) is 21.7. The van der Waals surface area contributed by atoms with Gasteiger partial charge in [0.05, 0.1) is 4.91 Å². The van der Waals surface area contributed by atoms with Gasteiger partial charge < -0.3 is 14.4 Å². The molecule has 5 nitrogen and oxygen atoms in total. The molecule has 0 aliphatic carbocycles. The van der Waals surface area contributed by atoms with E-state index >= 15 is 0 Å². The Morgan fingerprint density at radius 1 is 0.800 bits per heavy atom. The summed E-state index contributed by atoms with van der Waals surface area (Å²) in [6.45, 7) is 4.35. The van der Waals surface area contributed by atoms with Crippen molar-refractivity contribution in [3.05, 3.63) is 107 Å². The van der Waals surface area contributed by atoms with E-state index in [4.69, 9.17) is 0 Å². The zero-order chi connectivity index (χ0) is 23.6. The van der Waals surface area contributed by atoms with Crippen LogP contribution in [0.4, 0.5) is 5.69 Å². The lowest BCUT2D eigenvalue weighted by molar-refractivity contribution is -0.113. The topological polar surface area (TPSA) is 40.8 Å². The van der Waals surface area contributed by atoms with Gasteiger partial charge in [-0.05, 0) is 41.6 Å². The van der Waals surface area contributed by atoms with E-state index in [2.05, 4.69) is 98.4 Å². The lowest BCUT2D eigenvalue weighted by Gasteiger charge is -2.36. The molecule has 0 radical (unpaired) electrons. The smallest absolute Gasteiger partial charge is 0.286 e. The van der Waals surface area contributed by atoms with E-state index in [1.165, 1.54) is 23.0 Å². The van der Waals surface area contributed by atoms with Gasteiger partial charge >= 0.3 is 0 Å². The number of aromatic nitrogens is 1. The molecule has 1 aromatic heterocycles. The van der Waals surface area contributed by atoms with Crippen LogP contribution in [0.5, 0.6) is 0 Å². The second-order valence-electron chi connectivity index (χ2n) is 8.83. The summed E-state index contributed by atoms with van der Waals surface area (Å²) >= 11 is 1.50. The standard InChI is InChI=1S/C29H26N4OS/c34-28-27(35-29(30-28)32-17-15-31(16-18-32)24-11-5-2-6-12-24)19-23-21-33(20-22-9-3-1-4-10-22)26-14-8-7-13-25(23)26/h1-14,19,21H,15-18,20H2/b27-19-. The molecular weight excluding hydrogens is 452 g/mol. The molecule has 1 amide bonds. The van der Waals surface area contributed by atoms with Crippen molar-refractivity contribution in [1.82, 2.24) is 9.47 Å². The third-order valence-electron chi connectivity index (χ3n) is 6.58. The van der Waals surface area contributed by atoms with E-state index in [0.29, 0.717) is 4.91 Å². The minimum Gasteiger partial charge on any atom is -0.368 e. The van der Waals surface area contributed by atoms with Gasteiger partial charge in [-0.3, -0.25) is 4.79 Å². The highest BCUT2D eigenvalue weighted by Crippen LogP contribution is 2.33. The highest BCUT2D eigenvalue weighted by molar-refractivity contribution is 8.18. The Bertz CT molecular complexity index is 1420. The van der Waals surface area contributed by atoms with Crippen molar-refractivity contribution in [2.75, 3.05) is 31.1 Å². The van der Waals surface area contributed by atoms with Gasteiger partial charge in [0.1, 0.15) is 0 Å². The van der Waals surface area contributed by atoms with Crippen molar-refractivity contribution in [2.24, 2.45) is 4.99 Å². The molecule has 0 saturated carbocycles. The Hall–Kier alpha value is -3.77. The quantitative estimate of drug-likeness (QED) is 0.364. The number of rotatable bonds is 4. The number of benzene rings is 3. The molecule has 0 N–H and O–H groups in total. The predicted octanol–water partition coefficient (Wildman–Crippen LogP) is 5.48. The molecule has 3 heterocycles. The van der Waals surface area contributed by atoms with Gasteiger partial charge in [-0.1, -0.05) is 66.7 Å². The molecule has 0 unspecified atom stereocenters. The van der Waals surface area contributed by atoms with Crippen molar-refractivity contribution in [3.63, 3.8) is 0 Å². The number of anilines is 1. The molecule has 2 aliphatic heterocycles. The van der Waals surface area contributed by atoms with E-state index in [0.717, 1.165) is 54.4 Å². The van der Waals surface area contributed by atoms with Gasteiger partial charge in [-0.2, -0.15) is 4.99 Å². The van der Waals surface area contributed by atoms with E-state index < -0.39 is 0 Å². The minimum atomic E-state index is -0.143. The zero-order valence-electron chi connectivity index (χ0n) is 19.4. The van der Waals surface area contributed by atoms with E-state index in [1.54, 1.807) is 0 Å². The molecule has 1 fully saturated rings. The number of carbonyl (C=O) groups is 1. The summed E-state index contributed by atoms with van der Waals surface area (Å²) < 4.78 is 2.26. The third kappa shape index (κ3) is 4.49. The fourth-order valence-corrected chi connectivity index (χ4v) is 5.73. The lowest BCUT2D eigenvalue weighted by atomic mass is 10.1. The summed E-state index contributed by atoms with van der Waals surface area (Å²) in [6.07, 6.45) is 4.16. The molecule has 0 bridgehead atoms. The van der Waals surface area contributed by atoms with Gasteiger partial charge in [0.25, 0.3) is 5.91 Å².